The normalized spacial score (nSPS) is 19.4. The Kier molecular flexibility index (Phi) is 6.47. The van der Waals surface area contributed by atoms with Crippen molar-refractivity contribution in [3.8, 4) is 0 Å². The van der Waals surface area contributed by atoms with Gasteiger partial charge in [0, 0.05) is 24.3 Å². The summed E-state index contributed by atoms with van der Waals surface area (Å²) in [7, 11) is 0. The Balaban J connectivity index is 1.27. The Morgan fingerprint density at radius 3 is 2.22 bits per heavy atom. The van der Waals surface area contributed by atoms with Gasteiger partial charge in [0.1, 0.15) is 0 Å². The third kappa shape index (κ3) is 4.58. The molecule has 9 heteroatoms. The smallest absolute Gasteiger partial charge is 0.375 e. The fourth-order valence-electron chi connectivity index (χ4n) is 5.13. The maximum atomic E-state index is 13.3. The monoisotopic (exact) mass is 502 g/mol. The van der Waals surface area contributed by atoms with E-state index < -0.39 is 29.4 Å². The summed E-state index contributed by atoms with van der Waals surface area (Å²) in [5.41, 5.74) is 1.80. The molecule has 1 spiro atoms. The molecule has 0 N–H and O–H groups in total. The summed E-state index contributed by atoms with van der Waals surface area (Å²) in [6.07, 6.45) is 3.24. The van der Waals surface area contributed by atoms with Crippen molar-refractivity contribution in [2.75, 3.05) is 26.2 Å². The molecule has 1 amide bonds. The molecule has 9 nitrogen and oxygen atoms in total. The van der Waals surface area contributed by atoms with Gasteiger partial charge in [0.2, 0.25) is 11.6 Å². The maximum Gasteiger partial charge on any atom is 0.375 e. The maximum absolute atomic E-state index is 13.3. The lowest BCUT2D eigenvalue weighted by atomic mass is 9.95. The number of ether oxygens (including phenoxy) is 2. The number of carbonyl (C=O) groups excluding carboxylic acids is 5. The Bertz CT molecular complexity index is 1300. The van der Waals surface area contributed by atoms with Crippen LogP contribution in [0, 0.1) is 12.8 Å². The van der Waals surface area contributed by atoms with Gasteiger partial charge in [-0.1, -0.05) is 36.4 Å². The zero-order valence-corrected chi connectivity index (χ0v) is 20.3. The van der Waals surface area contributed by atoms with Crippen LogP contribution in [0.2, 0.25) is 0 Å². The van der Waals surface area contributed by atoms with E-state index in [1.807, 2.05) is 11.0 Å². The van der Waals surface area contributed by atoms with Crippen LogP contribution in [-0.4, -0.2) is 65.4 Å². The first kappa shape index (κ1) is 24.6. The molecule has 190 valence electrons. The van der Waals surface area contributed by atoms with E-state index in [2.05, 4.69) is 0 Å². The van der Waals surface area contributed by atoms with Crippen molar-refractivity contribution < 1.29 is 33.4 Å². The molecule has 0 bridgehead atoms. The number of ketones is 2. The van der Waals surface area contributed by atoms with Crippen molar-refractivity contribution in [1.82, 2.24) is 9.80 Å². The topological polar surface area (TPSA) is 110 Å². The number of nitrogens with zero attached hydrogens (tertiary/aromatic N) is 2. The minimum Gasteiger partial charge on any atom is -0.396 e. The largest absolute Gasteiger partial charge is 0.396 e. The average Bonchev–Trinajstić information content (AvgIpc) is 2.99. The molecule has 0 aliphatic carbocycles. The molecule has 5 rings (SSSR count). The van der Waals surface area contributed by atoms with E-state index in [-0.39, 0.29) is 24.9 Å². The summed E-state index contributed by atoms with van der Waals surface area (Å²) in [6, 6.07) is 13.6. The number of aryl methyl sites for hydroxylation is 1. The molecule has 3 aliphatic rings. The lowest BCUT2D eigenvalue weighted by molar-refractivity contribution is -0.275. The van der Waals surface area contributed by atoms with Crippen LogP contribution in [0.5, 0.6) is 0 Å². The minimum absolute atomic E-state index is 0.00201. The molecule has 2 aromatic rings. The first-order valence-corrected chi connectivity index (χ1v) is 12.2. The highest BCUT2D eigenvalue weighted by molar-refractivity contribution is 6.44. The highest BCUT2D eigenvalue weighted by Crippen LogP contribution is 2.43. The van der Waals surface area contributed by atoms with Gasteiger partial charge < -0.3 is 9.47 Å². The molecule has 1 saturated heterocycles. The summed E-state index contributed by atoms with van der Waals surface area (Å²) >= 11 is 0. The number of likely N-dealkylation sites (tertiary alicyclic amines) is 1. The molecule has 37 heavy (non-hydrogen) atoms. The summed E-state index contributed by atoms with van der Waals surface area (Å²) in [6.45, 7) is 3.13. The third-order valence-corrected chi connectivity index (χ3v) is 7.09. The first-order chi connectivity index (χ1) is 17.8. The molecule has 2 aromatic carbocycles. The van der Waals surface area contributed by atoms with Gasteiger partial charge in [-0.3, -0.25) is 24.2 Å². The van der Waals surface area contributed by atoms with E-state index in [0.29, 0.717) is 42.6 Å². The van der Waals surface area contributed by atoms with Gasteiger partial charge in [0.05, 0.1) is 17.7 Å². The average molecular weight is 503 g/mol. The van der Waals surface area contributed by atoms with Crippen LogP contribution in [0.3, 0.4) is 0 Å². The summed E-state index contributed by atoms with van der Waals surface area (Å²) in [5, 5.41) is 0. The van der Waals surface area contributed by atoms with Gasteiger partial charge in [0.15, 0.2) is 0 Å². The zero-order valence-electron chi connectivity index (χ0n) is 20.3. The summed E-state index contributed by atoms with van der Waals surface area (Å²) in [4.78, 5) is 66.5. The number of carbonyl (C=O) groups is 5. The standard InChI is InChI=1S/C28H26N2O7/c1-18-6-2-3-7-20(18)26(34)23(31)17-29-14-12-19(13-15-29)16-30-27(35)21-8-4-5-9-22(21)28(30)36-24(32)10-11-25(33)37-28/h2-11,19H,12-17H2,1H3. The van der Waals surface area contributed by atoms with Crippen LogP contribution >= 0.6 is 0 Å². The Morgan fingerprint density at radius 1 is 0.919 bits per heavy atom. The number of benzene rings is 2. The van der Waals surface area contributed by atoms with Crippen molar-refractivity contribution >= 4 is 29.4 Å². The molecule has 0 saturated carbocycles. The van der Waals surface area contributed by atoms with Crippen LogP contribution in [0.4, 0.5) is 0 Å². The van der Waals surface area contributed by atoms with Gasteiger partial charge in [-0.25, -0.2) is 9.59 Å². The highest BCUT2D eigenvalue weighted by Gasteiger charge is 2.57. The first-order valence-electron chi connectivity index (χ1n) is 12.2. The zero-order chi connectivity index (χ0) is 26.2. The number of hydrogen-bond acceptors (Lipinski definition) is 8. The Labute approximate surface area is 213 Å². The van der Waals surface area contributed by atoms with Crippen molar-refractivity contribution in [3.63, 3.8) is 0 Å². The van der Waals surface area contributed by atoms with Gasteiger partial charge >= 0.3 is 17.8 Å². The van der Waals surface area contributed by atoms with Crippen LogP contribution in [0.15, 0.2) is 60.7 Å². The second-order valence-corrected chi connectivity index (χ2v) is 9.51. The molecule has 0 atom stereocenters. The number of rotatable bonds is 6. The van der Waals surface area contributed by atoms with E-state index >= 15 is 0 Å². The second-order valence-electron chi connectivity index (χ2n) is 9.51. The molecular formula is C28H26N2O7. The van der Waals surface area contributed by atoms with E-state index in [1.54, 1.807) is 49.4 Å². The molecule has 0 unspecified atom stereocenters. The van der Waals surface area contributed by atoms with Crippen LogP contribution in [0.25, 0.3) is 0 Å². The minimum atomic E-state index is -1.96. The van der Waals surface area contributed by atoms with E-state index in [9.17, 15) is 24.0 Å². The molecule has 1 fully saturated rings. The number of fused-ring (bicyclic) bond motifs is 2. The fraction of sp³-hybridized carbons (Fsp3) is 0.321. The van der Waals surface area contributed by atoms with Crippen molar-refractivity contribution in [2.45, 2.75) is 25.7 Å². The number of piperidine rings is 1. The van der Waals surface area contributed by atoms with Gasteiger partial charge in [-0.05, 0) is 56.5 Å². The fourth-order valence-corrected chi connectivity index (χ4v) is 5.13. The predicted octanol–water partition coefficient (Wildman–Crippen LogP) is 2.38. The van der Waals surface area contributed by atoms with Crippen molar-refractivity contribution in [2.24, 2.45) is 5.92 Å². The van der Waals surface area contributed by atoms with Crippen molar-refractivity contribution in [3.05, 3.63) is 82.9 Å². The SMILES string of the molecule is Cc1ccccc1C(=O)C(=O)CN1CCC(CN2C(=O)c3ccccc3C23OC(=O)C=CC(=O)O3)CC1. The molecule has 0 aromatic heterocycles. The van der Waals surface area contributed by atoms with Gasteiger partial charge in [0.25, 0.3) is 5.91 Å². The van der Waals surface area contributed by atoms with Crippen molar-refractivity contribution in [1.29, 1.82) is 0 Å². The van der Waals surface area contributed by atoms with Gasteiger partial charge in [-0.2, -0.15) is 0 Å². The predicted molar refractivity (Wildman–Crippen MR) is 130 cm³/mol. The van der Waals surface area contributed by atoms with Crippen LogP contribution in [0.1, 0.15) is 44.7 Å². The molecular weight excluding hydrogens is 476 g/mol. The molecule has 3 heterocycles. The number of esters is 2. The highest BCUT2D eigenvalue weighted by atomic mass is 16.8. The Hall–Kier alpha value is -4.11. The van der Waals surface area contributed by atoms with Gasteiger partial charge in [-0.15, -0.1) is 0 Å². The number of Topliss-reactive ketones (excluding diaryl/α,β-unsaturated/α-hetero) is 2. The second kappa shape index (κ2) is 9.74. The third-order valence-electron chi connectivity index (χ3n) is 7.09. The summed E-state index contributed by atoms with van der Waals surface area (Å²) in [5.74, 6) is -4.87. The van der Waals surface area contributed by atoms with Crippen LogP contribution < -0.4 is 0 Å². The number of hydrogen-bond donors (Lipinski definition) is 0. The summed E-state index contributed by atoms with van der Waals surface area (Å²) < 4.78 is 11.2. The van der Waals surface area contributed by atoms with E-state index in [0.717, 1.165) is 17.7 Å². The van der Waals surface area contributed by atoms with E-state index in [4.69, 9.17) is 9.47 Å². The van der Waals surface area contributed by atoms with Crippen LogP contribution in [-0.2, 0) is 29.8 Å². The molecule has 0 radical (unpaired) electrons. The number of amides is 1. The lowest BCUT2D eigenvalue weighted by Gasteiger charge is -2.39. The molecule has 3 aliphatic heterocycles. The lowest BCUT2D eigenvalue weighted by Crippen LogP contribution is -2.52. The van der Waals surface area contributed by atoms with E-state index in [1.165, 1.54) is 4.90 Å². The Morgan fingerprint density at radius 2 is 1.54 bits per heavy atom. The quantitative estimate of drug-likeness (QED) is 0.336.